The van der Waals surface area contributed by atoms with Crippen molar-refractivity contribution in [1.29, 1.82) is 0 Å². The second-order valence-electron chi connectivity index (χ2n) is 11.7. The van der Waals surface area contributed by atoms with Gasteiger partial charge in [0.1, 0.15) is 24.2 Å². The van der Waals surface area contributed by atoms with E-state index in [1.165, 1.54) is 25.8 Å². The Morgan fingerprint density at radius 3 is 2.02 bits per heavy atom. The number of carboxylic acid groups (broad SMARTS) is 1. The first-order valence-electron chi connectivity index (χ1n) is 15.1. The molecule has 4 amide bonds. The fourth-order valence-corrected chi connectivity index (χ4v) is 5.00. The number of aliphatic carboxylic acids is 1. The summed E-state index contributed by atoms with van der Waals surface area (Å²) in [5, 5.41) is 21.1. The zero-order valence-corrected chi connectivity index (χ0v) is 26.2. The summed E-state index contributed by atoms with van der Waals surface area (Å²) < 4.78 is 0. The number of nitrogens with two attached hydrogens (primary N) is 1. The summed E-state index contributed by atoms with van der Waals surface area (Å²) in [6.07, 6.45) is 7.86. The van der Waals surface area contributed by atoms with Crippen molar-refractivity contribution >= 4 is 40.5 Å². The smallest absolute Gasteiger partial charge is 0.326 e. The van der Waals surface area contributed by atoms with Crippen LogP contribution in [0, 0.1) is 5.92 Å². The number of aromatic amines is 3. The lowest BCUT2D eigenvalue weighted by atomic mass is 10.0. The number of imidazole rings is 2. The number of benzene rings is 1. The molecule has 0 fully saturated rings. The van der Waals surface area contributed by atoms with Crippen LogP contribution in [-0.2, 0) is 43.2 Å². The number of H-pyrrole nitrogens is 3. The van der Waals surface area contributed by atoms with Crippen LogP contribution in [0.3, 0.4) is 0 Å². The molecule has 0 unspecified atom stereocenters. The van der Waals surface area contributed by atoms with Crippen LogP contribution in [-0.4, -0.2) is 89.8 Å². The molecule has 4 aromatic rings. The molecule has 0 aliphatic carbocycles. The Hall–Kier alpha value is -5.51. The van der Waals surface area contributed by atoms with Crippen LogP contribution in [0.25, 0.3) is 10.9 Å². The predicted octanol–water partition coefficient (Wildman–Crippen LogP) is -0.331. The van der Waals surface area contributed by atoms with Crippen molar-refractivity contribution in [3.05, 3.63) is 72.5 Å². The van der Waals surface area contributed by atoms with E-state index in [-0.39, 0.29) is 19.3 Å². The van der Waals surface area contributed by atoms with Crippen molar-refractivity contribution in [3.63, 3.8) is 0 Å². The van der Waals surface area contributed by atoms with Gasteiger partial charge in [0.15, 0.2) is 0 Å². The number of hydrogen-bond acceptors (Lipinski definition) is 8. The third kappa shape index (κ3) is 9.26. The summed E-state index contributed by atoms with van der Waals surface area (Å²) in [5.41, 5.74) is 8.83. The molecule has 16 nitrogen and oxygen atoms in total. The topological polar surface area (TPSA) is 253 Å². The second-order valence-corrected chi connectivity index (χ2v) is 11.7. The van der Waals surface area contributed by atoms with E-state index in [9.17, 15) is 29.1 Å². The van der Waals surface area contributed by atoms with Crippen LogP contribution in [0.4, 0.5) is 0 Å². The van der Waals surface area contributed by atoms with Crippen molar-refractivity contribution in [2.45, 2.75) is 70.2 Å². The highest BCUT2D eigenvalue weighted by Gasteiger charge is 2.32. The summed E-state index contributed by atoms with van der Waals surface area (Å²) in [4.78, 5) is 81.6. The van der Waals surface area contributed by atoms with Crippen molar-refractivity contribution in [3.8, 4) is 0 Å². The highest BCUT2D eigenvalue weighted by Crippen LogP contribution is 2.19. The largest absolute Gasteiger partial charge is 0.480 e. The van der Waals surface area contributed by atoms with Crippen molar-refractivity contribution < 1.29 is 29.1 Å². The maximum atomic E-state index is 13.5. The van der Waals surface area contributed by atoms with E-state index in [0.29, 0.717) is 17.0 Å². The van der Waals surface area contributed by atoms with Gasteiger partial charge >= 0.3 is 5.97 Å². The molecule has 0 radical (unpaired) electrons. The van der Waals surface area contributed by atoms with E-state index in [1.807, 2.05) is 24.3 Å². The Morgan fingerprint density at radius 2 is 1.40 bits per heavy atom. The molecule has 0 aliphatic rings. The molecule has 10 N–H and O–H groups in total. The molecular weight excluding hydrogens is 608 g/mol. The molecule has 250 valence electrons. The zero-order valence-electron chi connectivity index (χ0n) is 26.2. The lowest BCUT2D eigenvalue weighted by Crippen LogP contribution is -2.59. The summed E-state index contributed by atoms with van der Waals surface area (Å²) in [7, 11) is 0. The third-order valence-electron chi connectivity index (χ3n) is 7.66. The van der Waals surface area contributed by atoms with Gasteiger partial charge in [-0.05, 0) is 24.5 Å². The van der Waals surface area contributed by atoms with E-state index < -0.39 is 65.7 Å². The number of para-hydroxylation sites is 1. The van der Waals surface area contributed by atoms with Gasteiger partial charge in [-0.2, -0.15) is 0 Å². The van der Waals surface area contributed by atoms with Gasteiger partial charge in [-0.1, -0.05) is 32.0 Å². The fourth-order valence-electron chi connectivity index (χ4n) is 5.00. The van der Waals surface area contributed by atoms with Crippen molar-refractivity contribution in [2.75, 3.05) is 0 Å². The van der Waals surface area contributed by atoms with E-state index in [4.69, 9.17) is 5.73 Å². The molecule has 47 heavy (non-hydrogen) atoms. The standard InChI is InChI=1S/C31H40N10O6/c1-16(2)26(41-29(44)24(10-20-13-34-15-37-20)39-28(43)22(32)9-19-12-33-14-36-19)30(45)38-17(3)27(42)40-25(31(46)47)8-18-11-35-23-7-5-4-6-21(18)23/h4-7,11-17,22,24-26,35H,8-10,32H2,1-3H3,(H,33,36)(H,34,37)(H,38,45)(H,39,43)(H,40,42)(H,41,44)(H,46,47)/t17-,22-,24-,25-,26-/m0/s1. The SMILES string of the molecule is CC(C)[C@H](NC(=O)[C@H](Cc1cnc[nH]1)NC(=O)[C@@H](N)Cc1cnc[nH]1)C(=O)N[C@@H](C)C(=O)N[C@@H](Cc1c[nH]c2ccccc12)C(=O)O. The highest BCUT2D eigenvalue weighted by atomic mass is 16.4. The molecule has 0 aliphatic heterocycles. The number of fused-ring (bicyclic) bond motifs is 1. The summed E-state index contributed by atoms with van der Waals surface area (Å²) in [6, 6.07) is 1.81. The highest BCUT2D eigenvalue weighted by molar-refractivity contribution is 5.95. The van der Waals surface area contributed by atoms with Crippen LogP contribution >= 0.6 is 0 Å². The van der Waals surface area contributed by atoms with Gasteiger partial charge in [0.2, 0.25) is 23.6 Å². The number of carboxylic acids is 1. The molecule has 4 rings (SSSR count). The zero-order chi connectivity index (χ0) is 34.1. The van der Waals surface area contributed by atoms with Crippen molar-refractivity contribution in [2.24, 2.45) is 11.7 Å². The molecule has 16 heteroatoms. The van der Waals surface area contributed by atoms with Gasteiger partial charge in [-0.3, -0.25) is 19.2 Å². The maximum absolute atomic E-state index is 13.5. The first-order chi connectivity index (χ1) is 22.4. The van der Waals surface area contributed by atoms with Crippen LogP contribution in [0.1, 0.15) is 37.7 Å². The number of nitrogens with zero attached hydrogens (tertiary/aromatic N) is 2. The quantitative estimate of drug-likeness (QED) is 0.0770. The van der Waals surface area contributed by atoms with Crippen LogP contribution in [0.5, 0.6) is 0 Å². The first kappa shape index (κ1) is 34.4. The summed E-state index contributed by atoms with van der Waals surface area (Å²) in [6.45, 7) is 4.83. The van der Waals surface area contributed by atoms with Gasteiger partial charge in [0.25, 0.3) is 0 Å². The molecule has 0 bridgehead atoms. The number of carbonyl (C=O) groups excluding carboxylic acids is 4. The number of rotatable bonds is 16. The van der Waals surface area contributed by atoms with Crippen molar-refractivity contribution in [1.82, 2.24) is 46.2 Å². The molecule has 0 spiro atoms. The lowest BCUT2D eigenvalue weighted by Gasteiger charge is -2.27. The van der Waals surface area contributed by atoms with Gasteiger partial charge in [-0.15, -0.1) is 0 Å². The minimum Gasteiger partial charge on any atom is -0.480 e. The minimum atomic E-state index is -1.26. The summed E-state index contributed by atoms with van der Waals surface area (Å²) >= 11 is 0. The third-order valence-corrected chi connectivity index (χ3v) is 7.66. The Bertz CT molecular complexity index is 1670. The normalized spacial score (nSPS) is 14.5. The average molecular weight is 649 g/mol. The number of amides is 4. The lowest BCUT2D eigenvalue weighted by molar-refractivity contribution is -0.142. The Kier molecular flexibility index (Phi) is 11.5. The van der Waals surface area contributed by atoms with Crippen LogP contribution < -0.4 is 27.0 Å². The summed E-state index contributed by atoms with van der Waals surface area (Å²) in [5.74, 6) is -4.27. The van der Waals surface area contributed by atoms with E-state index >= 15 is 0 Å². The number of aromatic nitrogens is 5. The minimum absolute atomic E-state index is 0.0193. The molecular formula is C31H40N10O6. The number of nitrogens with one attached hydrogen (secondary N) is 7. The Balaban J connectivity index is 1.39. The molecule has 3 heterocycles. The van der Waals surface area contributed by atoms with Crippen LogP contribution in [0.2, 0.25) is 0 Å². The van der Waals surface area contributed by atoms with Gasteiger partial charge in [0, 0.05) is 60.1 Å². The molecule has 0 saturated carbocycles. The Morgan fingerprint density at radius 1 is 0.766 bits per heavy atom. The molecule has 5 atom stereocenters. The molecule has 0 saturated heterocycles. The Labute approximate surface area is 270 Å². The van der Waals surface area contributed by atoms with E-state index in [0.717, 1.165) is 10.9 Å². The fraction of sp³-hybridized carbons (Fsp3) is 0.387. The predicted molar refractivity (Wildman–Crippen MR) is 170 cm³/mol. The van der Waals surface area contributed by atoms with E-state index in [2.05, 4.69) is 46.2 Å². The second kappa shape index (κ2) is 15.7. The monoisotopic (exact) mass is 648 g/mol. The maximum Gasteiger partial charge on any atom is 0.326 e. The average Bonchev–Trinajstić information content (AvgIpc) is 3.82. The van der Waals surface area contributed by atoms with Gasteiger partial charge in [0.05, 0.1) is 18.7 Å². The molecule has 1 aromatic carbocycles. The van der Waals surface area contributed by atoms with Gasteiger partial charge in [-0.25, -0.2) is 14.8 Å². The first-order valence-corrected chi connectivity index (χ1v) is 15.1. The number of carbonyl (C=O) groups is 5. The number of hydrogen-bond donors (Lipinski definition) is 9. The van der Waals surface area contributed by atoms with Crippen LogP contribution in [0.15, 0.2) is 55.5 Å². The van der Waals surface area contributed by atoms with Gasteiger partial charge < -0.3 is 47.1 Å². The van der Waals surface area contributed by atoms with E-state index in [1.54, 1.807) is 26.2 Å². The molecule has 3 aromatic heterocycles.